The fourth-order valence-corrected chi connectivity index (χ4v) is 3.71. The first-order valence-corrected chi connectivity index (χ1v) is 10.3. The molecule has 0 N–H and O–H groups in total. The first-order valence-electron chi connectivity index (χ1n) is 10.3. The van der Waals surface area contributed by atoms with Gasteiger partial charge in [0.25, 0.3) is 0 Å². The summed E-state index contributed by atoms with van der Waals surface area (Å²) in [6, 6.07) is 4.44. The third-order valence-electron chi connectivity index (χ3n) is 4.99. The molecule has 152 valence electrons. The first-order chi connectivity index (χ1) is 12.6. The number of ether oxygens (including phenoxy) is 1. The van der Waals surface area contributed by atoms with Gasteiger partial charge in [0.15, 0.2) is 0 Å². The van der Waals surface area contributed by atoms with Crippen molar-refractivity contribution in [3.63, 3.8) is 0 Å². The summed E-state index contributed by atoms with van der Waals surface area (Å²) in [6.07, 6.45) is 4.59. The highest BCUT2D eigenvalue weighted by molar-refractivity contribution is 5.88. The molecule has 27 heavy (non-hydrogen) atoms. The number of carbonyl (C=O) groups is 1. The van der Waals surface area contributed by atoms with E-state index in [1.807, 2.05) is 26.8 Å². The largest absolute Gasteiger partial charge is 0.443 e. The van der Waals surface area contributed by atoms with Crippen LogP contribution in [-0.2, 0) is 4.74 Å². The Morgan fingerprint density at radius 1 is 1.37 bits per heavy atom. The van der Waals surface area contributed by atoms with Crippen LogP contribution in [0.15, 0.2) is 18.3 Å². The van der Waals surface area contributed by atoms with Crippen LogP contribution in [0.2, 0.25) is 0 Å². The van der Waals surface area contributed by atoms with E-state index in [1.165, 1.54) is 6.42 Å². The molecule has 2 atom stereocenters. The minimum Gasteiger partial charge on any atom is -0.443 e. The van der Waals surface area contributed by atoms with Crippen LogP contribution in [-0.4, -0.2) is 40.7 Å². The number of hydrogen-bond donors (Lipinski definition) is 0. The predicted octanol–water partition coefficient (Wildman–Crippen LogP) is 5.41. The molecule has 1 aliphatic rings. The zero-order valence-corrected chi connectivity index (χ0v) is 18.2. The standard InChI is InChI=1S/C22H37N3O2/c1-8-17(4)25(21(26)27-22(5,6)7)20-18(11-9-13-23-20)19-12-10-14-24(19)15-16(2)3/h9,11,13,16-17,19H,8,10,12,14-15H2,1-7H3/t17-,19-/m1/s1. The van der Waals surface area contributed by atoms with Crippen LogP contribution in [0.25, 0.3) is 0 Å². The molecule has 2 heterocycles. The predicted molar refractivity (Wildman–Crippen MR) is 111 cm³/mol. The molecule has 1 amide bonds. The van der Waals surface area contributed by atoms with Crippen LogP contribution in [0.5, 0.6) is 0 Å². The molecule has 1 aliphatic heterocycles. The minimum absolute atomic E-state index is 0.0217. The van der Waals surface area contributed by atoms with Crippen LogP contribution in [0.1, 0.15) is 79.3 Å². The van der Waals surface area contributed by atoms with Crippen molar-refractivity contribution in [2.75, 3.05) is 18.0 Å². The third kappa shape index (κ3) is 5.68. The second kappa shape index (κ2) is 9.05. The molecule has 0 spiro atoms. The number of pyridine rings is 1. The van der Waals surface area contributed by atoms with E-state index >= 15 is 0 Å². The molecule has 0 saturated carbocycles. The number of amides is 1. The van der Waals surface area contributed by atoms with E-state index in [0.29, 0.717) is 12.0 Å². The Bertz CT molecular complexity index is 624. The summed E-state index contributed by atoms with van der Waals surface area (Å²) < 4.78 is 5.72. The van der Waals surface area contributed by atoms with Crippen molar-refractivity contribution >= 4 is 11.9 Å². The summed E-state index contributed by atoms with van der Waals surface area (Å²) in [5.74, 6) is 1.36. The van der Waals surface area contributed by atoms with Gasteiger partial charge in [0.05, 0.1) is 0 Å². The van der Waals surface area contributed by atoms with Crippen LogP contribution in [0.3, 0.4) is 0 Å². The van der Waals surface area contributed by atoms with Gasteiger partial charge in [-0.1, -0.05) is 26.8 Å². The average molecular weight is 376 g/mol. The number of carbonyl (C=O) groups excluding carboxylic acids is 1. The fourth-order valence-electron chi connectivity index (χ4n) is 3.71. The molecule has 1 aromatic heterocycles. The van der Waals surface area contributed by atoms with E-state index in [9.17, 15) is 4.79 Å². The lowest BCUT2D eigenvalue weighted by molar-refractivity contribution is 0.0565. The molecule has 0 aliphatic carbocycles. The topological polar surface area (TPSA) is 45.7 Å². The van der Waals surface area contributed by atoms with E-state index in [4.69, 9.17) is 4.74 Å². The van der Waals surface area contributed by atoms with Crippen molar-refractivity contribution in [3.8, 4) is 0 Å². The molecule has 5 nitrogen and oxygen atoms in total. The van der Waals surface area contributed by atoms with Gasteiger partial charge in [0.2, 0.25) is 0 Å². The molecule has 1 saturated heterocycles. The molecule has 2 rings (SSSR count). The number of rotatable bonds is 6. The SMILES string of the molecule is CC[C@@H](C)N(C(=O)OC(C)(C)C)c1ncccc1[C@H]1CCCN1CC(C)C. The zero-order chi connectivity index (χ0) is 20.2. The van der Waals surface area contributed by atoms with Gasteiger partial charge in [0, 0.05) is 30.4 Å². The molecular weight excluding hydrogens is 338 g/mol. The van der Waals surface area contributed by atoms with Crippen molar-refractivity contribution in [3.05, 3.63) is 23.9 Å². The summed E-state index contributed by atoms with van der Waals surface area (Å²) in [6.45, 7) is 16.5. The van der Waals surface area contributed by atoms with Crippen molar-refractivity contribution in [2.24, 2.45) is 5.92 Å². The van der Waals surface area contributed by atoms with Gasteiger partial charge in [-0.15, -0.1) is 0 Å². The summed E-state index contributed by atoms with van der Waals surface area (Å²) in [5, 5.41) is 0. The van der Waals surface area contributed by atoms with Crippen LogP contribution in [0, 0.1) is 5.92 Å². The van der Waals surface area contributed by atoms with Crippen LogP contribution in [0.4, 0.5) is 10.6 Å². The first kappa shape index (κ1) is 21.7. The van der Waals surface area contributed by atoms with E-state index in [0.717, 1.165) is 37.3 Å². The fraction of sp³-hybridized carbons (Fsp3) is 0.727. The van der Waals surface area contributed by atoms with E-state index in [-0.39, 0.29) is 12.1 Å². The van der Waals surface area contributed by atoms with Gasteiger partial charge in [-0.3, -0.25) is 9.80 Å². The lowest BCUT2D eigenvalue weighted by Gasteiger charge is -2.34. The molecule has 5 heteroatoms. The highest BCUT2D eigenvalue weighted by atomic mass is 16.6. The van der Waals surface area contributed by atoms with Gasteiger partial charge in [0.1, 0.15) is 11.4 Å². The number of hydrogen-bond acceptors (Lipinski definition) is 4. The quantitative estimate of drug-likeness (QED) is 0.666. The van der Waals surface area contributed by atoms with Crippen LogP contribution >= 0.6 is 0 Å². The monoisotopic (exact) mass is 375 g/mol. The minimum atomic E-state index is -0.533. The highest BCUT2D eigenvalue weighted by Crippen LogP contribution is 2.37. The maximum atomic E-state index is 13.0. The molecular formula is C22H37N3O2. The molecule has 1 fully saturated rings. The Morgan fingerprint density at radius 3 is 2.67 bits per heavy atom. The Labute approximate surface area is 165 Å². The van der Waals surface area contributed by atoms with Crippen molar-refractivity contribution in [2.45, 2.75) is 85.4 Å². The van der Waals surface area contributed by atoms with E-state index < -0.39 is 5.60 Å². The Kier molecular flexibility index (Phi) is 7.26. The number of anilines is 1. The molecule has 0 radical (unpaired) electrons. The normalized spacial score (nSPS) is 19.3. The molecule has 0 unspecified atom stereocenters. The van der Waals surface area contributed by atoms with Crippen LogP contribution < -0.4 is 4.90 Å². The van der Waals surface area contributed by atoms with Gasteiger partial charge in [-0.2, -0.15) is 0 Å². The summed E-state index contributed by atoms with van der Waals surface area (Å²) in [4.78, 5) is 22.0. The van der Waals surface area contributed by atoms with Crippen molar-refractivity contribution < 1.29 is 9.53 Å². The smallest absolute Gasteiger partial charge is 0.416 e. The Balaban J connectivity index is 2.41. The summed E-state index contributed by atoms with van der Waals surface area (Å²) in [7, 11) is 0. The highest BCUT2D eigenvalue weighted by Gasteiger charge is 2.34. The Morgan fingerprint density at radius 2 is 2.07 bits per heavy atom. The van der Waals surface area contributed by atoms with Gasteiger partial charge in [-0.25, -0.2) is 9.78 Å². The zero-order valence-electron chi connectivity index (χ0n) is 18.2. The summed E-state index contributed by atoms with van der Waals surface area (Å²) in [5.41, 5.74) is 0.608. The van der Waals surface area contributed by atoms with Crippen molar-refractivity contribution in [1.82, 2.24) is 9.88 Å². The molecule has 0 aromatic carbocycles. The third-order valence-corrected chi connectivity index (χ3v) is 4.99. The maximum Gasteiger partial charge on any atom is 0.416 e. The van der Waals surface area contributed by atoms with E-state index in [1.54, 1.807) is 11.1 Å². The van der Waals surface area contributed by atoms with Gasteiger partial charge < -0.3 is 4.74 Å². The maximum absolute atomic E-state index is 13.0. The summed E-state index contributed by atoms with van der Waals surface area (Å²) >= 11 is 0. The number of aromatic nitrogens is 1. The second-order valence-electron chi connectivity index (χ2n) is 9.07. The molecule has 0 bridgehead atoms. The average Bonchev–Trinajstić information content (AvgIpc) is 3.00. The lowest BCUT2D eigenvalue weighted by atomic mass is 10.0. The number of likely N-dealkylation sites (tertiary alicyclic amines) is 1. The van der Waals surface area contributed by atoms with Crippen molar-refractivity contribution in [1.29, 1.82) is 0 Å². The Hall–Kier alpha value is -1.62. The number of nitrogens with zero attached hydrogens (tertiary/aromatic N) is 3. The molecule has 1 aromatic rings. The van der Waals surface area contributed by atoms with Gasteiger partial charge >= 0.3 is 6.09 Å². The lowest BCUT2D eigenvalue weighted by Crippen LogP contribution is -2.43. The van der Waals surface area contributed by atoms with E-state index in [2.05, 4.69) is 43.6 Å². The van der Waals surface area contributed by atoms with Gasteiger partial charge in [-0.05, 0) is 65.5 Å². The second-order valence-corrected chi connectivity index (χ2v) is 9.07.